The average molecular weight is 341 g/mol. The summed E-state index contributed by atoms with van der Waals surface area (Å²) >= 11 is 9.64. The number of nitrogens with zero attached hydrogens (tertiary/aromatic N) is 2. The van der Waals surface area contributed by atoms with E-state index < -0.39 is 0 Å². The van der Waals surface area contributed by atoms with Crippen molar-refractivity contribution in [3.05, 3.63) is 44.3 Å². The summed E-state index contributed by atoms with van der Waals surface area (Å²) in [6.45, 7) is 7.86. The summed E-state index contributed by atoms with van der Waals surface area (Å²) in [5.41, 5.74) is 4.20. The molecule has 2 rings (SSSR count). The topological polar surface area (TPSA) is 37.8 Å². The van der Waals surface area contributed by atoms with Crippen molar-refractivity contribution < 1.29 is 0 Å². The third-order valence-corrected chi connectivity index (χ3v) is 4.52. The number of nitrogens with one attached hydrogen (secondary N) is 1. The minimum Gasteiger partial charge on any atom is -0.340 e. The van der Waals surface area contributed by atoms with Crippen LogP contribution in [0.1, 0.15) is 22.5 Å². The van der Waals surface area contributed by atoms with E-state index in [1.165, 1.54) is 11.1 Å². The molecule has 100 valence electrons. The molecule has 0 aliphatic carbocycles. The molecule has 5 heteroatoms. The van der Waals surface area contributed by atoms with Crippen LogP contribution in [0.2, 0.25) is 5.15 Å². The van der Waals surface area contributed by atoms with E-state index in [4.69, 9.17) is 11.6 Å². The van der Waals surface area contributed by atoms with Gasteiger partial charge in [-0.3, -0.25) is 0 Å². The van der Waals surface area contributed by atoms with Gasteiger partial charge in [0, 0.05) is 15.7 Å². The molecule has 0 saturated heterocycles. The van der Waals surface area contributed by atoms with Crippen LogP contribution in [0.5, 0.6) is 0 Å². The van der Waals surface area contributed by atoms with E-state index in [2.05, 4.69) is 57.2 Å². The lowest BCUT2D eigenvalue weighted by molar-refractivity contribution is 1.04. The second kappa shape index (κ2) is 5.47. The molecular formula is C14H15BrClN3. The van der Waals surface area contributed by atoms with Crippen LogP contribution < -0.4 is 5.32 Å². The lowest BCUT2D eigenvalue weighted by Gasteiger charge is -2.12. The van der Waals surface area contributed by atoms with Crippen molar-refractivity contribution in [3.8, 4) is 0 Å². The lowest BCUT2D eigenvalue weighted by Crippen LogP contribution is -2.01. The second-order valence-corrected chi connectivity index (χ2v) is 5.74. The minimum atomic E-state index is 0.487. The van der Waals surface area contributed by atoms with Crippen LogP contribution in [0, 0.1) is 27.7 Å². The fourth-order valence-corrected chi connectivity index (χ4v) is 2.31. The highest BCUT2D eigenvalue weighted by atomic mass is 79.9. The van der Waals surface area contributed by atoms with Gasteiger partial charge in [-0.2, -0.15) is 0 Å². The normalized spacial score (nSPS) is 10.6. The Balaban J connectivity index is 2.42. The van der Waals surface area contributed by atoms with Crippen LogP contribution in [0.25, 0.3) is 0 Å². The number of rotatable bonds is 2. The van der Waals surface area contributed by atoms with Gasteiger partial charge in [0.05, 0.1) is 0 Å². The highest BCUT2D eigenvalue weighted by molar-refractivity contribution is 9.10. The Morgan fingerprint density at radius 2 is 1.63 bits per heavy atom. The molecule has 0 spiro atoms. The van der Waals surface area contributed by atoms with E-state index >= 15 is 0 Å². The summed E-state index contributed by atoms with van der Waals surface area (Å²) < 4.78 is 1.13. The van der Waals surface area contributed by atoms with Crippen molar-refractivity contribution in [2.24, 2.45) is 0 Å². The van der Waals surface area contributed by atoms with Gasteiger partial charge in [0.1, 0.15) is 16.8 Å². The van der Waals surface area contributed by atoms with Crippen LogP contribution >= 0.6 is 27.5 Å². The number of hydrogen-bond donors (Lipinski definition) is 1. The van der Waals surface area contributed by atoms with Crippen molar-refractivity contribution in [3.63, 3.8) is 0 Å². The molecule has 1 N–H and O–H groups in total. The van der Waals surface area contributed by atoms with E-state index in [1.807, 2.05) is 13.8 Å². The van der Waals surface area contributed by atoms with Crippen molar-refractivity contribution >= 4 is 39.0 Å². The monoisotopic (exact) mass is 339 g/mol. The van der Waals surface area contributed by atoms with Crippen LogP contribution in [0.3, 0.4) is 0 Å². The average Bonchev–Trinajstić information content (AvgIpc) is 2.32. The summed E-state index contributed by atoms with van der Waals surface area (Å²) in [4.78, 5) is 8.52. The van der Waals surface area contributed by atoms with Crippen molar-refractivity contribution in [1.29, 1.82) is 0 Å². The molecule has 0 amide bonds. The molecule has 0 radical (unpaired) electrons. The molecule has 0 unspecified atom stereocenters. The Kier molecular flexibility index (Phi) is 4.11. The molecule has 19 heavy (non-hydrogen) atoms. The van der Waals surface area contributed by atoms with Gasteiger partial charge in [-0.1, -0.05) is 27.5 Å². The maximum Gasteiger partial charge on any atom is 0.138 e. The number of anilines is 2. The van der Waals surface area contributed by atoms with E-state index in [0.717, 1.165) is 21.5 Å². The molecule has 0 bridgehead atoms. The molecule has 3 nitrogen and oxygen atoms in total. The predicted molar refractivity (Wildman–Crippen MR) is 83.4 cm³/mol. The van der Waals surface area contributed by atoms with Gasteiger partial charge in [-0.15, -0.1) is 0 Å². The zero-order valence-corrected chi connectivity index (χ0v) is 13.6. The molecule has 0 aliphatic rings. The quantitative estimate of drug-likeness (QED) is 0.793. The maximum atomic E-state index is 6.07. The molecule has 0 atom stereocenters. The van der Waals surface area contributed by atoms with Gasteiger partial charge < -0.3 is 5.32 Å². The lowest BCUT2D eigenvalue weighted by atomic mass is 10.1. The van der Waals surface area contributed by atoms with Gasteiger partial charge >= 0.3 is 0 Å². The Hall–Kier alpha value is -1.13. The minimum absolute atomic E-state index is 0.487. The summed E-state index contributed by atoms with van der Waals surface area (Å²) in [5.74, 6) is 1.40. The molecule has 2 aromatic rings. The third kappa shape index (κ3) is 3.07. The number of hydrogen-bond acceptors (Lipinski definition) is 3. The molecule has 1 heterocycles. The largest absolute Gasteiger partial charge is 0.340 e. The highest BCUT2D eigenvalue weighted by Gasteiger charge is 2.09. The van der Waals surface area contributed by atoms with E-state index in [9.17, 15) is 0 Å². The van der Waals surface area contributed by atoms with E-state index in [1.54, 1.807) is 0 Å². The number of halogens is 2. The molecule has 1 aromatic carbocycles. The number of benzene rings is 1. The second-order valence-electron chi connectivity index (χ2n) is 4.58. The molecule has 0 aliphatic heterocycles. The van der Waals surface area contributed by atoms with Gasteiger partial charge in [-0.25, -0.2) is 9.97 Å². The molecule has 1 aromatic heterocycles. The fraction of sp³-hybridized carbons (Fsp3) is 0.286. The third-order valence-electron chi connectivity index (χ3n) is 2.90. The van der Waals surface area contributed by atoms with Gasteiger partial charge in [0.2, 0.25) is 0 Å². The summed E-state index contributed by atoms with van der Waals surface area (Å²) in [6.07, 6.45) is 0. The zero-order chi connectivity index (χ0) is 14.2. The van der Waals surface area contributed by atoms with Crippen molar-refractivity contribution in [2.45, 2.75) is 27.7 Å². The van der Waals surface area contributed by atoms with E-state index in [0.29, 0.717) is 11.0 Å². The van der Waals surface area contributed by atoms with Crippen molar-refractivity contribution in [1.82, 2.24) is 9.97 Å². The first kappa shape index (κ1) is 14.3. The Morgan fingerprint density at radius 3 is 2.21 bits per heavy atom. The van der Waals surface area contributed by atoms with Crippen LogP contribution in [0.4, 0.5) is 11.5 Å². The first-order valence-corrected chi connectivity index (χ1v) is 7.10. The van der Waals surface area contributed by atoms with Crippen LogP contribution in [-0.4, -0.2) is 9.97 Å². The SMILES string of the molecule is Cc1nc(Cl)c(C)c(Nc2cc(C)c(Br)c(C)c2)n1. The highest BCUT2D eigenvalue weighted by Crippen LogP contribution is 2.28. The Bertz CT molecular complexity index is 618. The standard InChI is InChI=1S/C14H15BrClN3/c1-7-5-11(6-8(2)12(7)15)19-14-9(3)13(16)17-10(4)18-14/h5-6H,1-4H3,(H,17,18,19). The van der Waals surface area contributed by atoms with Gasteiger partial charge in [0.15, 0.2) is 0 Å². The Morgan fingerprint density at radius 1 is 1.05 bits per heavy atom. The van der Waals surface area contributed by atoms with E-state index in [-0.39, 0.29) is 0 Å². The smallest absolute Gasteiger partial charge is 0.138 e. The fourth-order valence-electron chi connectivity index (χ4n) is 1.87. The van der Waals surface area contributed by atoms with Crippen LogP contribution in [-0.2, 0) is 0 Å². The number of aryl methyl sites for hydroxylation is 3. The first-order valence-electron chi connectivity index (χ1n) is 5.93. The first-order chi connectivity index (χ1) is 8.88. The maximum absolute atomic E-state index is 6.07. The van der Waals surface area contributed by atoms with Crippen LogP contribution in [0.15, 0.2) is 16.6 Å². The summed E-state index contributed by atoms with van der Waals surface area (Å²) in [5, 5.41) is 3.79. The summed E-state index contributed by atoms with van der Waals surface area (Å²) in [7, 11) is 0. The Labute approximate surface area is 126 Å². The number of aromatic nitrogens is 2. The molecule has 0 saturated carbocycles. The van der Waals surface area contributed by atoms with Gasteiger partial charge in [0.25, 0.3) is 0 Å². The zero-order valence-electron chi connectivity index (χ0n) is 11.3. The predicted octanol–water partition coefficient (Wildman–Crippen LogP) is 4.87. The van der Waals surface area contributed by atoms with Crippen molar-refractivity contribution in [2.75, 3.05) is 5.32 Å². The summed E-state index contributed by atoms with van der Waals surface area (Å²) in [6, 6.07) is 4.14. The molecule has 0 fully saturated rings. The molecular weight excluding hydrogens is 326 g/mol. The van der Waals surface area contributed by atoms with Gasteiger partial charge in [-0.05, 0) is 51.0 Å².